The molecule has 2 heterocycles. The van der Waals surface area contributed by atoms with E-state index >= 15 is 0 Å². The molecule has 2 aliphatic carbocycles. The fourth-order valence-electron chi connectivity index (χ4n) is 5.99. The molecule has 4 heteroatoms. The lowest BCUT2D eigenvalue weighted by Crippen LogP contribution is -2.63. The second kappa shape index (κ2) is 5.27. The molecule has 0 radical (unpaired) electrons. The Balaban J connectivity index is 1.76. The molecule has 4 rings (SSSR count). The third-order valence-electron chi connectivity index (χ3n) is 7.16. The molecule has 2 aliphatic heterocycles. The normalized spacial score (nSPS) is 42.1. The zero-order valence-corrected chi connectivity index (χ0v) is 17.2. The molecule has 5 atom stereocenters. The van der Waals surface area contributed by atoms with Gasteiger partial charge in [0.15, 0.2) is 5.78 Å². The van der Waals surface area contributed by atoms with Gasteiger partial charge in [-0.3, -0.25) is 9.69 Å². The maximum atomic E-state index is 12.7. The Morgan fingerprint density at radius 3 is 2.58 bits per heavy atom. The summed E-state index contributed by atoms with van der Waals surface area (Å²) in [6, 6.07) is 0. The van der Waals surface area contributed by atoms with Gasteiger partial charge in [0.2, 0.25) is 0 Å². The van der Waals surface area contributed by atoms with Crippen LogP contribution < -0.4 is 0 Å². The van der Waals surface area contributed by atoms with Crippen molar-refractivity contribution < 1.29 is 9.53 Å². The van der Waals surface area contributed by atoms with E-state index in [-0.39, 0.29) is 11.8 Å². The van der Waals surface area contributed by atoms with Crippen molar-refractivity contribution in [2.45, 2.75) is 84.0 Å². The lowest BCUT2D eigenvalue weighted by molar-refractivity contribution is -0.207. The topological polar surface area (TPSA) is 29.5 Å². The quantitative estimate of drug-likeness (QED) is 0.671. The molecule has 134 valence electrons. The van der Waals surface area contributed by atoms with Crippen molar-refractivity contribution in [3.8, 4) is 0 Å². The van der Waals surface area contributed by atoms with Crippen LogP contribution in [0.1, 0.15) is 46.5 Å². The summed E-state index contributed by atoms with van der Waals surface area (Å²) in [4.78, 5) is 15.3. The zero-order chi connectivity index (χ0) is 17.4. The van der Waals surface area contributed by atoms with E-state index < -0.39 is 8.07 Å². The molecule has 0 spiro atoms. The maximum Gasteiger partial charge on any atom is 0.155 e. The Hall–Kier alpha value is -0.453. The van der Waals surface area contributed by atoms with E-state index in [4.69, 9.17) is 4.74 Å². The highest BCUT2D eigenvalue weighted by Crippen LogP contribution is 2.53. The number of hydrogen-bond donors (Lipinski definition) is 0. The minimum absolute atomic E-state index is 0.0738. The lowest BCUT2D eigenvalue weighted by atomic mass is 9.70. The minimum atomic E-state index is -1.63. The second-order valence-electron chi connectivity index (χ2n) is 10.3. The predicted molar refractivity (Wildman–Crippen MR) is 99.4 cm³/mol. The first-order chi connectivity index (χ1) is 11.1. The smallest absolute Gasteiger partial charge is 0.155 e. The molecule has 3 fully saturated rings. The average molecular weight is 348 g/mol. The van der Waals surface area contributed by atoms with Gasteiger partial charge in [-0.05, 0) is 43.4 Å². The number of fused-ring (bicyclic) bond motifs is 4. The van der Waals surface area contributed by atoms with E-state index in [1.807, 2.05) is 0 Å². The van der Waals surface area contributed by atoms with E-state index in [1.165, 1.54) is 30.0 Å². The van der Waals surface area contributed by atoms with E-state index in [9.17, 15) is 4.79 Å². The number of carbonyl (C=O) groups excluding carboxylic acids is 1. The molecule has 0 amide bonds. The molecule has 1 saturated carbocycles. The van der Waals surface area contributed by atoms with Crippen molar-refractivity contribution in [1.82, 2.24) is 4.90 Å². The third-order valence-corrected chi connectivity index (χ3v) is 9.23. The monoisotopic (exact) mass is 347 g/mol. The first-order valence-corrected chi connectivity index (χ1v) is 13.3. The summed E-state index contributed by atoms with van der Waals surface area (Å²) in [6.07, 6.45) is 4.97. The SMILES string of the molecule is C[C@@H]1CC[C@@H]2[C@@H](C1)O[C@H]1C3=C([Si](C)(C)C)C(=O)C[C@@H]3CN1C2(C)C. The fraction of sp³-hybridized carbons (Fsp3) is 0.850. The van der Waals surface area contributed by atoms with Crippen molar-refractivity contribution in [3.05, 3.63) is 10.8 Å². The number of ether oxygens (including phenoxy) is 1. The molecule has 0 bridgehead atoms. The molecule has 24 heavy (non-hydrogen) atoms. The number of nitrogens with zero attached hydrogens (tertiary/aromatic N) is 1. The van der Waals surface area contributed by atoms with Crippen LogP contribution in [0, 0.1) is 17.8 Å². The summed E-state index contributed by atoms with van der Waals surface area (Å²) >= 11 is 0. The van der Waals surface area contributed by atoms with Crippen molar-refractivity contribution in [3.63, 3.8) is 0 Å². The van der Waals surface area contributed by atoms with Crippen LogP contribution in [0.2, 0.25) is 19.6 Å². The second-order valence-corrected chi connectivity index (χ2v) is 15.3. The number of ketones is 1. The van der Waals surface area contributed by atoms with Crippen LogP contribution in [-0.2, 0) is 9.53 Å². The van der Waals surface area contributed by atoms with E-state index in [0.717, 1.165) is 18.9 Å². The molecule has 0 N–H and O–H groups in total. The van der Waals surface area contributed by atoms with Gasteiger partial charge < -0.3 is 4.74 Å². The van der Waals surface area contributed by atoms with Gasteiger partial charge in [-0.2, -0.15) is 0 Å². The van der Waals surface area contributed by atoms with Gasteiger partial charge in [-0.25, -0.2) is 0 Å². The number of allylic oxidation sites excluding steroid dienone is 1. The number of hydrogen-bond acceptors (Lipinski definition) is 3. The van der Waals surface area contributed by atoms with Gasteiger partial charge in [-0.15, -0.1) is 0 Å². The molecule has 3 nitrogen and oxygen atoms in total. The fourth-order valence-corrected chi connectivity index (χ4v) is 8.12. The molecule has 0 aromatic carbocycles. The third kappa shape index (κ3) is 2.33. The van der Waals surface area contributed by atoms with Crippen LogP contribution in [-0.4, -0.2) is 43.2 Å². The molecule has 0 aromatic rings. The van der Waals surface area contributed by atoms with E-state index in [2.05, 4.69) is 45.3 Å². The van der Waals surface area contributed by atoms with Gasteiger partial charge in [0, 0.05) is 30.3 Å². The Morgan fingerprint density at radius 2 is 1.92 bits per heavy atom. The zero-order valence-electron chi connectivity index (χ0n) is 16.2. The van der Waals surface area contributed by atoms with Crippen LogP contribution in [0.3, 0.4) is 0 Å². The molecular weight excluding hydrogens is 314 g/mol. The van der Waals surface area contributed by atoms with Crippen LogP contribution in [0.15, 0.2) is 10.8 Å². The summed E-state index contributed by atoms with van der Waals surface area (Å²) in [6.45, 7) is 15.2. The highest BCUT2D eigenvalue weighted by Gasteiger charge is 2.58. The van der Waals surface area contributed by atoms with Crippen LogP contribution in [0.25, 0.3) is 0 Å². The Kier molecular flexibility index (Phi) is 3.73. The Bertz CT molecular complexity index is 603. The summed E-state index contributed by atoms with van der Waals surface area (Å²) in [5.41, 5.74) is 1.57. The predicted octanol–water partition coefficient (Wildman–Crippen LogP) is 4.00. The van der Waals surface area contributed by atoms with Crippen LogP contribution in [0.4, 0.5) is 0 Å². The van der Waals surface area contributed by atoms with Gasteiger partial charge >= 0.3 is 0 Å². The van der Waals surface area contributed by atoms with Gasteiger partial charge in [0.05, 0.1) is 14.2 Å². The highest BCUT2D eigenvalue weighted by molar-refractivity contribution is 6.87. The van der Waals surface area contributed by atoms with Crippen molar-refractivity contribution in [1.29, 1.82) is 0 Å². The van der Waals surface area contributed by atoms with Crippen LogP contribution in [0.5, 0.6) is 0 Å². The first kappa shape index (κ1) is 17.0. The summed E-state index contributed by atoms with van der Waals surface area (Å²) < 4.78 is 6.75. The molecule has 2 saturated heterocycles. The molecule has 0 aromatic heterocycles. The van der Waals surface area contributed by atoms with E-state index in [1.54, 1.807) is 0 Å². The Labute approximate surface area is 147 Å². The van der Waals surface area contributed by atoms with Gasteiger partial charge in [0.25, 0.3) is 0 Å². The van der Waals surface area contributed by atoms with Gasteiger partial charge in [-0.1, -0.05) is 33.0 Å². The Morgan fingerprint density at radius 1 is 1.21 bits per heavy atom. The first-order valence-electron chi connectivity index (χ1n) is 9.80. The molecular formula is C20H33NO2Si. The van der Waals surface area contributed by atoms with Crippen LogP contribution >= 0.6 is 0 Å². The number of Topliss-reactive ketones (excluding diaryl/α,β-unsaturated/α-hetero) is 1. The molecule has 4 aliphatic rings. The number of carbonyl (C=O) groups is 1. The summed E-state index contributed by atoms with van der Waals surface area (Å²) in [7, 11) is -1.63. The van der Waals surface area contributed by atoms with Crippen molar-refractivity contribution in [2.24, 2.45) is 17.8 Å². The number of rotatable bonds is 1. The maximum absolute atomic E-state index is 12.7. The average Bonchev–Trinajstić information content (AvgIpc) is 2.93. The van der Waals surface area contributed by atoms with Crippen molar-refractivity contribution >= 4 is 13.9 Å². The van der Waals surface area contributed by atoms with Crippen molar-refractivity contribution in [2.75, 3.05) is 6.54 Å². The summed E-state index contributed by atoms with van der Waals surface area (Å²) in [5.74, 6) is 2.24. The highest BCUT2D eigenvalue weighted by atomic mass is 28.3. The lowest BCUT2D eigenvalue weighted by Gasteiger charge is -2.55. The van der Waals surface area contributed by atoms with Gasteiger partial charge in [0.1, 0.15) is 6.23 Å². The summed E-state index contributed by atoms with van der Waals surface area (Å²) in [5, 5.41) is 1.21. The molecule has 0 unspecified atom stereocenters. The standard InChI is InChI=1S/C20H33NO2Si/c1-12-7-8-14-16(9-12)23-19-17-13(11-21(19)20(14,2)3)10-15(22)18(17)24(4,5)6/h12-14,16,19H,7-11H2,1-6H3/t12-,13-,14-,16-,19+/m1/s1. The minimum Gasteiger partial charge on any atom is -0.356 e. The van der Waals surface area contributed by atoms with E-state index in [0.29, 0.717) is 23.7 Å². The largest absolute Gasteiger partial charge is 0.356 e.